The smallest absolute Gasteiger partial charge is 0.241 e. The standard InChI is InChI=1S/C8H14N2O.C2H6/c1-7(2)10-8(11)5-4-6-9(10)3;1-2/h1,4-6H2,2-3H3;1-2H3. The van der Waals surface area contributed by atoms with Gasteiger partial charge in [0.1, 0.15) is 0 Å². The summed E-state index contributed by atoms with van der Waals surface area (Å²) in [5, 5.41) is 3.55. The van der Waals surface area contributed by atoms with E-state index >= 15 is 0 Å². The molecule has 1 rings (SSSR count). The second-order valence-corrected chi connectivity index (χ2v) is 2.93. The van der Waals surface area contributed by atoms with E-state index in [1.807, 2.05) is 32.8 Å². The van der Waals surface area contributed by atoms with Gasteiger partial charge in [0.25, 0.3) is 0 Å². The van der Waals surface area contributed by atoms with Crippen molar-refractivity contribution in [3.8, 4) is 0 Å². The normalized spacial score (nSPS) is 17.8. The molecule has 0 N–H and O–H groups in total. The molecular weight excluding hydrogens is 164 g/mol. The van der Waals surface area contributed by atoms with Crippen LogP contribution in [0.25, 0.3) is 0 Å². The molecular formula is C10H20N2O. The van der Waals surface area contributed by atoms with Gasteiger partial charge in [-0.15, -0.1) is 0 Å². The molecule has 3 nitrogen and oxygen atoms in total. The van der Waals surface area contributed by atoms with Crippen LogP contribution in [0.15, 0.2) is 12.3 Å². The molecule has 1 heterocycles. The summed E-state index contributed by atoms with van der Waals surface area (Å²) in [7, 11) is 1.91. The summed E-state index contributed by atoms with van der Waals surface area (Å²) in [6.45, 7) is 10.5. The van der Waals surface area contributed by atoms with Crippen LogP contribution in [0.1, 0.15) is 33.6 Å². The van der Waals surface area contributed by atoms with Crippen molar-refractivity contribution in [2.24, 2.45) is 0 Å². The lowest BCUT2D eigenvalue weighted by Gasteiger charge is -2.35. The van der Waals surface area contributed by atoms with Gasteiger partial charge in [-0.25, -0.2) is 10.0 Å². The van der Waals surface area contributed by atoms with E-state index in [4.69, 9.17) is 0 Å². The Kier molecular flexibility index (Phi) is 5.39. The van der Waals surface area contributed by atoms with Crippen LogP contribution in [0.2, 0.25) is 0 Å². The van der Waals surface area contributed by atoms with Crippen molar-refractivity contribution in [1.82, 2.24) is 10.0 Å². The largest absolute Gasteiger partial charge is 0.273 e. The molecule has 0 radical (unpaired) electrons. The third-order valence-corrected chi connectivity index (χ3v) is 1.81. The monoisotopic (exact) mass is 184 g/mol. The SMILES string of the molecule is C=C(C)N1C(=O)CCCN1C.CC. The second kappa shape index (κ2) is 5.75. The molecule has 13 heavy (non-hydrogen) atoms. The van der Waals surface area contributed by atoms with Crippen molar-refractivity contribution >= 4 is 5.91 Å². The molecule has 0 aromatic heterocycles. The van der Waals surface area contributed by atoms with Gasteiger partial charge in [-0.2, -0.15) is 0 Å². The maximum atomic E-state index is 11.3. The van der Waals surface area contributed by atoms with E-state index in [0.717, 1.165) is 18.7 Å². The zero-order valence-corrected chi connectivity index (χ0v) is 9.13. The van der Waals surface area contributed by atoms with E-state index in [-0.39, 0.29) is 5.91 Å². The van der Waals surface area contributed by atoms with Crippen LogP contribution in [0, 0.1) is 0 Å². The molecule has 1 aliphatic heterocycles. The predicted molar refractivity (Wildman–Crippen MR) is 54.9 cm³/mol. The lowest BCUT2D eigenvalue weighted by Crippen LogP contribution is -2.46. The summed E-state index contributed by atoms with van der Waals surface area (Å²) in [4.78, 5) is 11.3. The zero-order chi connectivity index (χ0) is 10.4. The highest BCUT2D eigenvalue weighted by atomic mass is 16.2. The molecule has 0 unspecified atom stereocenters. The molecule has 0 aromatic carbocycles. The number of hydrogen-bond donors (Lipinski definition) is 0. The molecule has 0 spiro atoms. The molecule has 1 amide bonds. The highest BCUT2D eigenvalue weighted by Gasteiger charge is 2.22. The molecule has 1 fully saturated rings. The van der Waals surface area contributed by atoms with E-state index in [1.165, 1.54) is 0 Å². The average molecular weight is 184 g/mol. The van der Waals surface area contributed by atoms with Crippen LogP contribution < -0.4 is 0 Å². The van der Waals surface area contributed by atoms with E-state index in [1.54, 1.807) is 5.01 Å². The van der Waals surface area contributed by atoms with Crippen LogP contribution in [0.3, 0.4) is 0 Å². The van der Waals surface area contributed by atoms with E-state index < -0.39 is 0 Å². The number of hydrogen-bond acceptors (Lipinski definition) is 2. The number of carbonyl (C=O) groups excluding carboxylic acids is 1. The zero-order valence-electron chi connectivity index (χ0n) is 9.13. The molecule has 0 aliphatic carbocycles. The second-order valence-electron chi connectivity index (χ2n) is 2.93. The minimum absolute atomic E-state index is 0.159. The number of nitrogens with zero attached hydrogens (tertiary/aromatic N) is 2. The third-order valence-electron chi connectivity index (χ3n) is 1.81. The highest BCUT2D eigenvalue weighted by molar-refractivity contribution is 5.77. The first kappa shape index (κ1) is 12.2. The molecule has 0 atom stereocenters. The van der Waals surface area contributed by atoms with E-state index in [0.29, 0.717) is 6.42 Å². The predicted octanol–water partition coefficient (Wildman–Crippen LogP) is 2.02. The number of allylic oxidation sites excluding steroid dienone is 1. The summed E-state index contributed by atoms with van der Waals surface area (Å²) in [5.41, 5.74) is 0.803. The summed E-state index contributed by atoms with van der Waals surface area (Å²) >= 11 is 0. The minimum atomic E-state index is 0.159. The van der Waals surface area contributed by atoms with Gasteiger partial charge in [0.2, 0.25) is 5.91 Å². The molecule has 0 saturated carbocycles. The maximum absolute atomic E-state index is 11.3. The Morgan fingerprint density at radius 2 is 2.00 bits per heavy atom. The van der Waals surface area contributed by atoms with Gasteiger partial charge in [-0.3, -0.25) is 4.79 Å². The number of amides is 1. The summed E-state index contributed by atoms with van der Waals surface area (Å²) in [6.07, 6.45) is 1.61. The van der Waals surface area contributed by atoms with Gasteiger partial charge >= 0.3 is 0 Å². The maximum Gasteiger partial charge on any atom is 0.241 e. The molecule has 0 bridgehead atoms. The van der Waals surface area contributed by atoms with Gasteiger partial charge in [-0.1, -0.05) is 20.4 Å². The fourth-order valence-corrected chi connectivity index (χ4v) is 1.36. The van der Waals surface area contributed by atoms with Gasteiger partial charge in [0.15, 0.2) is 0 Å². The lowest BCUT2D eigenvalue weighted by atomic mass is 10.2. The van der Waals surface area contributed by atoms with Crippen molar-refractivity contribution < 1.29 is 4.79 Å². The summed E-state index contributed by atoms with van der Waals surface area (Å²) < 4.78 is 0. The Bertz CT molecular complexity index is 189. The number of carbonyl (C=O) groups is 1. The van der Waals surface area contributed by atoms with Gasteiger partial charge in [-0.05, 0) is 13.3 Å². The first-order chi connectivity index (χ1) is 6.13. The Morgan fingerprint density at radius 3 is 2.31 bits per heavy atom. The van der Waals surface area contributed by atoms with Gasteiger partial charge < -0.3 is 0 Å². The van der Waals surface area contributed by atoms with Crippen LogP contribution in [-0.2, 0) is 4.79 Å². The van der Waals surface area contributed by atoms with Crippen molar-refractivity contribution in [3.63, 3.8) is 0 Å². The lowest BCUT2D eigenvalue weighted by molar-refractivity contribution is -0.146. The van der Waals surface area contributed by atoms with Crippen molar-refractivity contribution in [2.45, 2.75) is 33.6 Å². The quantitative estimate of drug-likeness (QED) is 0.622. The fraction of sp³-hybridized carbons (Fsp3) is 0.700. The molecule has 1 aliphatic rings. The van der Waals surface area contributed by atoms with Crippen LogP contribution >= 0.6 is 0 Å². The van der Waals surface area contributed by atoms with Crippen LogP contribution in [0.4, 0.5) is 0 Å². The summed E-state index contributed by atoms with van der Waals surface area (Å²) in [6, 6.07) is 0. The molecule has 3 heteroatoms. The number of rotatable bonds is 1. The Labute approximate surface area is 81.0 Å². The first-order valence-electron chi connectivity index (χ1n) is 4.82. The van der Waals surface area contributed by atoms with Crippen LogP contribution in [0.5, 0.6) is 0 Å². The Morgan fingerprint density at radius 1 is 1.46 bits per heavy atom. The average Bonchev–Trinajstić information content (AvgIpc) is 2.07. The van der Waals surface area contributed by atoms with E-state index in [9.17, 15) is 4.79 Å². The fourth-order valence-electron chi connectivity index (χ4n) is 1.36. The van der Waals surface area contributed by atoms with Crippen molar-refractivity contribution in [3.05, 3.63) is 12.3 Å². The Hall–Kier alpha value is -0.830. The van der Waals surface area contributed by atoms with Crippen molar-refractivity contribution in [1.29, 1.82) is 0 Å². The topological polar surface area (TPSA) is 23.6 Å². The molecule has 0 aromatic rings. The van der Waals surface area contributed by atoms with Gasteiger partial charge in [0.05, 0.1) is 0 Å². The third kappa shape index (κ3) is 3.19. The molecule has 76 valence electrons. The van der Waals surface area contributed by atoms with Crippen molar-refractivity contribution in [2.75, 3.05) is 13.6 Å². The van der Waals surface area contributed by atoms with Crippen LogP contribution in [-0.4, -0.2) is 29.5 Å². The minimum Gasteiger partial charge on any atom is -0.273 e. The summed E-state index contributed by atoms with van der Waals surface area (Å²) in [5.74, 6) is 0.159. The highest BCUT2D eigenvalue weighted by Crippen LogP contribution is 2.14. The van der Waals surface area contributed by atoms with Gasteiger partial charge in [0, 0.05) is 25.7 Å². The molecule has 1 saturated heterocycles. The number of hydrazine groups is 1. The first-order valence-corrected chi connectivity index (χ1v) is 4.82. The van der Waals surface area contributed by atoms with E-state index in [2.05, 4.69) is 6.58 Å². The Balaban J connectivity index is 0.000000671.